The lowest BCUT2D eigenvalue weighted by molar-refractivity contribution is -0.139. The Hall–Kier alpha value is -2.86. The first kappa shape index (κ1) is 13.8. The van der Waals surface area contributed by atoms with E-state index in [1.807, 2.05) is 30.5 Å². The molecule has 0 spiro atoms. The van der Waals surface area contributed by atoms with Gasteiger partial charge in [-0.25, -0.2) is 9.78 Å². The fourth-order valence-electron chi connectivity index (χ4n) is 2.45. The SMILES string of the molecule is O=C(O)COc1ccc(-c2cn3c(n2)sc2ccccc23)cc1. The van der Waals surface area contributed by atoms with Crippen molar-refractivity contribution in [2.24, 2.45) is 0 Å². The zero-order valence-corrected chi connectivity index (χ0v) is 12.8. The Morgan fingerprint density at radius 3 is 2.74 bits per heavy atom. The van der Waals surface area contributed by atoms with E-state index >= 15 is 0 Å². The monoisotopic (exact) mass is 324 g/mol. The van der Waals surface area contributed by atoms with Crippen LogP contribution >= 0.6 is 11.3 Å². The van der Waals surface area contributed by atoms with Gasteiger partial charge in [-0.2, -0.15) is 0 Å². The summed E-state index contributed by atoms with van der Waals surface area (Å²) in [6, 6.07) is 15.5. The van der Waals surface area contributed by atoms with Crippen molar-refractivity contribution in [3.8, 4) is 17.0 Å². The van der Waals surface area contributed by atoms with Crippen LogP contribution in [-0.2, 0) is 4.79 Å². The minimum absolute atomic E-state index is 0.342. The van der Waals surface area contributed by atoms with Gasteiger partial charge in [-0.05, 0) is 36.4 Å². The van der Waals surface area contributed by atoms with Crippen LogP contribution in [0.15, 0.2) is 54.7 Å². The summed E-state index contributed by atoms with van der Waals surface area (Å²) in [6.07, 6.45) is 2.02. The number of aliphatic carboxylic acids is 1. The fraction of sp³-hybridized carbons (Fsp3) is 0.0588. The van der Waals surface area contributed by atoms with Gasteiger partial charge in [0, 0.05) is 11.8 Å². The number of ether oxygens (including phenoxy) is 1. The average molecular weight is 324 g/mol. The quantitative estimate of drug-likeness (QED) is 0.622. The van der Waals surface area contributed by atoms with Crippen molar-refractivity contribution in [3.05, 3.63) is 54.7 Å². The number of rotatable bonds is 4. The van der Waals surface area contributed by atoms with Crippen molar-refractivity contribution < 1.29 is 14.6 Å². The lowest BCUT2D eigenvalue weighted by Gasteiger charge is -2.03. The van der Waals surface area contributed by atoms with Crippen LogP contribution in [0, 0.1) is 0 Å². The summed E-state index contributed by atoms with van der Waals surface area (Å²) in [6.45, 7) is -0.342. The molecule has 5 nitrogen and oxygen atoms in total. The van der Waals surface area contributed by atoms with Gasteiger partial charge in [0.15, 0.2) is 11.6 Å². The molecule has 4 aromatic rings. The summed E-state index contributed by atoms with van der Waals surface area (Å²) in [5.41, 5.74) is 2.99. The number of aromatic nitrogens is 2. The first-order chi connectivity index (χ1) is 11.2. The number of carboxylic acids is 1. The Kier molecular flexibility index (Phi) is 3.24. The number of hydrogen-bond donors (Lipinski definition) is 1. The molecule has 0 saturated carbocycles. The van der Waals surface area contributed by atoms with Gasteiger partial charge in [0.25, 0.3) is 0 Å². The first-order valence-corrected chi connectivity index (χ1v) is 7.84. The predicted molar refractivity (Wildman–Crippen MR) is 89.1 cm³/mol. The molecule has 0 aliphatic rings. The molecule has 2 heterocycles. The van der Waals surface area contributed by atoms with E-state index in [-0.39, 0.29) is 6.61 Å². The highest BCUT2D eigenvalue weighted by atomic mass is 32.1. The zero-order valence-electron chi connectivity index (χ0n) is 12.0. The molecule has 1 N–H and O–H groups in total. The normalized spacial score (nSPS) is 11.1. The molecule has 114 valence electrons. The van der Waals surface area contributed by atoms with Gasteiger partial charge in [0.1, 0.15) is 5.75 Å². The summed E-state index contributed by atoms with van der Waals surface area (Å²) in [5, 5.41) is 8.61. The minimum Gasteiger partial charge on any atom is -0.482 e. The Morgan fingerprint density at radius 1 is 1.17 bits per heavy atom. The maximum absolute atomic E-state index is 10.5. The number of fused-ring (bicyclic) bond motifs is 3. The highest BCUT2D eigenvalue weighted by Gasteiger charge is 2.10. The summed E-state index contributed by atoms with van der Waals surface area (Å²) in [7, 11) is 0. The van der Waals surface area contributed by atoms with E-state index in [1.54, 1.807) is 23.5 Å². The van der Waals surface area contributed by atoms with Crippen LogP contribution in [0.5, 0.6) is 5.75 Å². The third kappa shape index (κ3) is 2.53. The Morgan fingerprint density at radius 2 is 1.96 bits per heavy atom. The van der Waals surface area contributed by atoms with Crippen molar-refractivity contribution in [1.82, 2.24) is 9.38 Å². The second kappa shape index (κ2) is 5.40. The number of para-hydroxylation sites is 1. The van der Waals surface area contributed by atoms with Gasteiger partial charge in [-0.1, -0.05) is 23.5 Å². The van der Waals surface area contributed by atoms with E-state index in [9.17, 15) is 4.79 Å². The Labute approximate surface area is 135 Å². The Balaban J connectivity index is 1.67. The fourth-order valence-corrected chi connectivity index (χ4v) is 3.46. The van der Waals surface area contributed by atoms with Crippen LogP contribution in [0.2, 0.25) is 0 Å². The molecule has 0 aliphatic carbocycles. The maximum Gasteiger partial charge on any atom is 0.341 e. The van der Waals surface area contributed by atoms with Crippen molar-refractivity contribution in [3.63, 3.8) is 0 Å². The molecule has 0 amide bonds. The van der Waals surface area contributed by atoms with E-state index < -0.39 is 5.97 Å². The first-order valence-electron chi connectivity index (χ1n) is 7.02. The van der Waals surface area contributed by atoms with Gasteiger partial charge in [0.2, 0.25) is 0 Å². The molecule has 23 heavy (non-hydrogen) atoms. The number of hydrogen-bond acceptors (Lipinski definition) is 4. The highest BCUT2D eigenvalue weighted by molar-refractivity contribution is 7.23. The van der Waals surface area contributed by atoms with Crippen LogP contribution in [0.1, 0.15) is 0 Å². The number of benzene rings is 2. The van der Waals surface area contributed by atoms with Gasteiger partial charge in [-0.15, -0.1) is 0 Å². The summed E-state index contributed by atoms with van der Waals surface area (Å²) in [4.78, 5) is 16.1. The molecular weight excluding hydrogens is 312 g/mol. The Bertz CT molecular complexity index is 1000. The number of carbonyl (C=O) groups is 1. The molecule has 0 bridgehead atoms. The largest absolute Gasteiger partial charge is 0.482 e. The van der Waals surface area contributed by atoms with E-state index in [4.69, 9.17) is 9.84 Å². The molecule has 0 aliphatic heterocycles. The molecule has 0 atom stereocenters. The lowest BCUT2D eigenvalue weighted by Crippen LogP contribution is -2.09. The third-order valence-electron chi connectivity index (χ3n) is 3.51. The van der Waals surface area contributed by atoms with Gasteiger partial charge < -0.3 is 9.84 Å². The molecule has 6 heteroatoms. The van der Waals surface area contributed by atoms with Crippen LogP contribution < -0.4 is 4.74 Å². The van der Waals surface area contributed by atoms with E-state index in [2.05, 4.69) is 21.5 Å². The lowest BCUT2D eigenvalue weighted by atomic mass is 10.2. The predicted octanol–water partition coefficient (Wildman–Crippen LogP) is 3.68. The van der Waals surface area contributed by atoms with E-state index in [1.165, 1.54) is 4.70 Å². The number of nitrogens with zero attached hydrogens (tertiary/aromatic N) is 2. The van der Waals surface area contributed by atoms with Crippen molar-refractivity contribution in [2.45, 2.75) is 0 Å². The molecule has 0 saturated heterocycles. The highest BCUT2D eigenvalue weighted by Crippen LogP contribution is 2.29. The molecule has 2 aromatic carbocycles. The topological polar surface area (TPSA) is 63.8 Å². The van der Waals surface area contributed by atoms with Gasteiger partial charge in [-0.3, -0.25) is 4.40 Å². The molecule has 0 fully saturated rings. The van der Waals surface area contributed by atoms with E-state index in [0.717, 1.165) is 21.7 Å². The van der Waals surface area contributed by atoms with Crippen molar-refractivity contribution in [1.29, 1.82) is 0 Å². The number of imidazole rings is 1. The standard InChI is InChI=1S/C17H12N2O3S/c20-16(21)10-22-12-7-5-11(6-8-12)13-9-19-14-3-1-2-4-15(14)23-17(19)18-13/h1-9H,10H2,(H,20,21). The number of carboxylic acid groups (broad SMARTS) is 1. The van der Waals surface area contributed by atoms with Gasteiger partial charge >= 0.3 is 5.97 Å². The summed E-state index contributed by atoms with van der Waals surface area (Å²) >= 11 is 1.65. The van der Waals surface area contributed by atoms with Crippen LogP contribution in [0.25, 0.3) is 26.4 Å². The molecule has 4 rings (SSSR count). The van der Waals surface area contributed by atoms with Crippen molar-refractivity contribution in [2.75, 3.05) is 6.61 Å². The minimum atomic E-state index is -0.990. The third-order valence-corrected chi connectivity index (χ3v) is 4.55. The molecule has 0 radical (unpaired) electrons. The zero-order chi connectivity index (χ0) is 15.8. The van der Waals surface area contributed by atoms with E-state index in [0.29, 0.717) is 5.75 Å². The number of thiazole rings is 1. The smallest absolute Gasteiger partial charge is 0.341 e. The molecule has 0 unspecified atom stereocenters. The van der Waals surface area contributed by atoms with Crippen molar-refractivity contribution >= 4 is 32.5 Å². The summed E-state index contributed by atoms with van der Waals surface area (Å²) < 4.78 is 8.43. The molecular formula is C17H12N2O3S. The van der Waals surface area contributed by atoms with Crippen LogP contribution in [-0.4, -0.2) is 27.1 Å². The maximum atomic E-state index is 10.5. The van der Waals surface area contributed by atoms with Crippen LogP contribution in [0.3, 0.4) is 0 Å². The summed E-state index contributed by atoms with van der Waals surface area (Å²) in [5.74, 6) is -0.460. The second-order valence-electron chi connectivity index (χ2n) is 5.06. The van der Waals surface area contributed by atoms with Gasteiger partial charge in [0.05, 0.1) is 15.9 Å². The molecule has 2 aromatic heterocycles. The average Bonchev–Trinajstić information content (AvgIpc) is 3.11. The second-order valence-corrected chi connectivity index (χ2v) is 6.06. The van der Waals surface area contributed by atoms with Crippen LogP contribution in [0.4, 0.5) is 0 Å².